The quantitative estimate of drug-likeness (QED) is 0.552. The van der Waals surface area contributed by atoms with Gasteiger partial charge in [0.2, 0.25) is 6.41 Å². The predicted molar refractivity (Wildman–Crippen MR) is 158 cm³/mol. The fourth-order valence-electron chi connectivity index (χ4n) is 4.97. The highest BCUT2D eigenvalue weighted by molar-refractivity contribution is 5.55. The molecule has 2 aliphatic heterocycles. The van der Waals surface area contributed by atoms with Crippen LogP contribution in [0, 0.1) is 25.2 Å². The van der Waals surface area contributed by atoms with E-state index >= 15 is 0 Å². The molecular weight excluding hydrogens is 486 g/mol. The van der Waals surface area contributed by atoms with E-state index in [1.165, 1.54) is 25.9 Å². The van der Waals surface area contributed by atoms with E-state index in [1.807, 2.05) is 43.9 Å². The van der Waals surface area contributed by atoms with Crippen molar-refractivity contribution in [3.8, 4) is 6.07 Å². The van der Waals surface area contributed by atoms with Gasteiger partial charge in [-0.05, 0) is 83.4 Å². The molecule has 8 nitrogen and oxygen atoms in total. The maximum absolute atomic E-state index is 11.1. The molecule has 2 saturated heterocycles. The van der Waals surface area contributed by atoms with Gasteiger partial charge in [-0.3, -0.25) is 4.79 Å². The third-order valence-electron chi connectivity index (χ3n) is 7.40. The highest BCUT2D eigenvalue weighted by atomic mass is 16.1. The van der Waals surface area contributed by atoms with Crippen LogP contribution in [0.1, 0.15) is 55.5 Å². The number of amides is 1. The molecule has 3 heterocycles. The molecule has 2 aliphatic rings. The lowest BCUT2D eigenvalue weighted by atomic mass is 10.0. The SMILES string of the molecule is C/C=c1/c(C)nnc(NCc2cccc(C#N)c2C)/c1=C/C(=C/CC)N1CCN(C=O)CC1.CN1CCCC1. The number of rotatable bonds is 7. The molecule has 0 atom stereocenters. The van der Waals surface area contributed by atoms with E-state index < -0.39 is 0 Å². The van der Waals surface area contributed by atoms with Crippen LogP contribution in [0.5, 0.6) is 0 Å². The van der Waals surface area contributed by atoms with Gasteiger partial charge in [-0.2, -0.15) is 10.4 Å². The van der Waals surface area contributed by atoms with Crippen LogP contribution in [0.25, 0.3) is 12.2 Å². The Bertz CT molecular complexity index is 1300. The number of hydrogen-bond donors (Lipinski definition) is 1. The summed E-state index contributed by atoms with van der Waals surface area (Å²) in [5, 5.41) is 23.7. The van der Waals surface area contributed by atoms with Crippen molar-refractivity contribution in [1.29, 1.82) is 5.26 Å². The number of nitrogens with one attached hydrogen (secondary N) is 1. The van der Waals surface area contributed by atoms with E-state index in [4.69, 9.17) is 0 Å². The Labute approximate surface area is 233 Å². The Morgan fingerprint density at radius 3 is 2.36 bits per heavy atom. The summed E-state index contributed by atoms with van der Waals surface area (Å²) in [6, 6.07) is 8.01. The van der Waals surface area contributed by atoms with Gasteiger partial charge in [0.25, 0.3) is 0 Å². The van der Waals surface area contributed by atoms with Crippen molar-refractivity contribution >= 4 is 24.4 Å². The number of nitriles is 1. The van der Waals surface area contributed by atoms with Crippen LogP contribution in [-0.4, -0.2) is 77.6 Å². The second-order valence-corrected chi connectivity index (χ2v) is 10.1. The Morgan fingerprint density at radius 1 is 1.08 bits per heavy atom. The molecule has 2 aromatic rings. The van der Waals surface area contributed by atoms with Gasteiger partial charge in [0.1, 0.15) is 0 Å². The van der Waals surface area contributed by atoms with Crippen LogP contribution in [0.3, 0.4) is 0 Å². The van der Waals surface area contributed by atoms with Crippen LogP contribution in [0.15, 0.2) is 30.0 Å². The minimum Gasteiger partial charge on any atom is -0.368 e. The first kappa shape index (κ1) is 29.9. The lowest BCUT2D eigenvalue weighted by Crippen LogP contribution is -2.45. The van der Waals surface area contributed by atoms with Crippen molar-refractivity contribution in [2.45, 2.75) is 53.5 Å². The average Bonchev–Trinajstić information content (AvgIpc) is 3.44. The van der Waals surface area contributed by atoms with E-state index in [2.05, 4.69) is 63.6 Å². The first-order valence-corrected chi connectivity index (χ1v) is 14.0. The summed E-state index contributed by atoms with van der Waals surface area (Å²) in [5.41, 5.74) is 4.71. The largest absolute Gasteiger partial charge is 0.368 e. The molecule has 0 bridgehead atoms. The van der Waals surface area contributed by atoms with Crippen molar-refractivity contribution in [3.63, 3.8) is 0 Å². The molecule has 0 unspecified atom stereocenters. The summed E-state index contributed by atoms with van der Waals surface area (Å²) in [6.45, 7) is 14.3. The lowest BCUT2D eigenvalue weighted by molar-refractivity contribution is -0.119. The summed E-state index contributed by atoms with van der Waals surface area (Å²) in [5.74, 6) is 0.712. The Morgan fingerprint density at radius 2 is 1.79 bits per heavy atom. The summed E-state index contributed by atoms with van der Waals surface area (Å²) < 4.78 is 0. The molecule has 2 fully saturated rings. The van der Waals surface area contributed by atoms with Crippen molar-refractivity contribution in [3.05, 3.63) is 62.8 Å². The maximum atomic E-state index is 11.1. The van der Waals surface area contributed by atoms with Gasteiger partial charge in [0.15, 0.2) is 5.82 Å². The Kier molecular flexibility index (Phi) is 11.5. The maximum Gasteiger partial charge on any atom is 0.209 e. The molecule has 8 heteroatoms. The van der Waals surface area contributed by atoms with Gasteiger partial charge in [-0.1, -0.05) is 31.2 Å². The zero-order chi connectivity index (χ0) is 28.2. The molecule has 0 saturated carbocycles. The number of aromatic nitrogens is 2. The van der Waals surface area contributed by atoms with Gasteiger partial charge in [0.05, 0.1) is 17.3 Å². The number of carbonyl (C=O) groups is 1. The topological polar surface area (TPSA) is 88.4 Å². The summed E-state index contributed by atoms with van der Waals surface area (Å²) in [7, 11) is 2.17. The molecule has 39 heavy (non-hydrogen) atoms. The molecule has 1 amide bonds. The number of likely N-dealkylation sites (tertiary alicyclic amines) is 1. The normalized spacial score (nSPS) is 17.1. The number of hydrogen-bond acceptors (Lipinski definition) is 7. The zero-order valence-corrected chi connectivity index (χ0v) is 24.2. The van der Waals surface area contributed by atoms with Crippen LogP contribution < -0.4 is 15.8 Å². The highest BCUT2D eigenvalue weighted by Gasteiger charge is 2.17. The second-order valence-electron chi connectivity index (χ2n) is 10.1. The van der Waals surface area contributed by atoms with Crippen molar-refractivity contribution in [1.82, 2.24) is 24.9 Å². The highest BCUT2D eigenvalue weighted by Crippen LogP contribution is 2.15. The van der Waals surface area contributed by atoms with Crippen LogP contribution in [0.4, 0.5) is 5.82 Å². The van der Waals surface area contributed by atoms with E-state index in [0.717, 1.165) is 72.0 Å². The number of aryl methyl sites for hydroxylation is 1. The minimum atomic E-state index is 0.550. The third kappa shape index (κ3) is 8.14. The minimum absolute atomic E-state index is 0.550. The van der Waals surface area contributed by atoms with Crippen LogP contribution in [-0.2, 0) is 11.3 Å². The van der Waals surface area contributed by atoms with Gasteiger partial charge in [-0.25, -0.2) is 0 Å². The molecule has 1 aromatic carbocycles. The molecule has 0 radical (unpaired) electrons. The standard InChI is InChI=1S/C26H32N6O.C5H11N/c1-5-8-23(32-13-11-31(18-33)12-14-32)15-25-24(6-2)20(4)29-30-26(25)28-17-22-10-7-9-21(16-27)19(22)3;1-6-4-2-3-5-6/h6-10,15,18H,5,11-14,17H2,1-4H3,(H,28,30);2-5H2,1H3/b23-8-,24-6-,25-15+;. The van der Waals surface area contributed by atoms with Crippen molar-refractivity contribution in [2.24, 2.45) is 0 Å². The van der Waals surface area contributed by atoms with Crippen LogP contribution in [0.2, 0.25) is 0 Å². The Hall–Kier alpha value is -3.70. The van der Waals surface area contributed by atoms with E-state index in [9.17, 15) is 10.1 Å². The van der Waals surface area contributed by atoms with E-state index in [-0.39, 0.29) is 0 Å². The zero-order valence-electron chi connectivity index (χ0n) is 24.2. The van der Waals surface area contributed by atoms with Gasteiger partial charge in [0, 0.05) is 48.9 Å². The first-order valence-electron chi connectivity index (χ1n) is 14.0. The fourth-order valence-corrected chi connectivity index (χ4v) is 4.97. The molecule has 0 aliphatic carbocycles. The number of allylic oxidation sites excluding steroid dienone is 2. The summed E-state index contributed by atoms with van der Waals surface area (Å²) in [4.78, 5) is 17.6. The van der Waals surface area contributed by atoms with Crippen molar-refractivity contribution in [2.75, 3.05) is 51.6 Å². The average molecular weight is 530 g/mol. The van der Waals surface area contributed by atoms with E-state index in [0.29, 0.717) is 17.9 Å². The summed E-state index contributed by atoms with van der Waals surface area (Å²) in [6.07, 6.45) is 11.1. The monoisotopic (exact) mass is 529 g/mol. The second kappa shape index (κ2) is 15.0. The predicted octanol–water partition coefficient (Wildman–Crippen LogP) is 2.94. The number of benzene rings is 1. The molecular formula is C31H43N7O. The molecule has 208 valence electrons. The lowest BCUT2D eigenvalue weighted by Gasteiger charge is -2.35. The fraction of sp³-hybridized carbons (Fsp3) is 0.484. The third-order valence-corrected chi connectivity index (χ3v) is 7.40. The van der Waals surface area contributed by atoms with Crippen LogP contribution >= 0.6 is 0 Å². The van der Waals surface area contributed by atoms with Gasteiger partial charge >= 0.3 is 0 Å². The number of nitrogens with zero attached hydrogens (tertiary/aromatic N) is 6. The number of anilines is 1. The van der Waals surface area contributed by atoms with E-state index in [1.54, 1.807) is 0 Å². The first-order chi connectivity index (χ1) is 18.9. The Balaban J connectivity index is 0.000000617. The molecule has 1 N–H and O–H groups in total. The molecule has 1 aromatic heterocycles. The van der Waals surface area contributed by atoms with Crippen molar-refractivity contribution < 1.29 is 4.79 Å². The smallest absolute Gasteiger partial charge is 0.209 e. The number of piperazine rings is 1. The van der Waals surface area contributed by atoms with Gasteiger partial charge < -0.3 is 20.0 Å². The molecule has 4 rings (SSSR count). The molecule has 0 spiro atoms. The summed E-state index contributed by atoms with van der Waals surface area (Å²) >= 11 is 0. The van der Waals surface area contributed by atoms with Gasteiger partial charge in [-0.15, -0.1) is 5.10 Å². The number of carbonyl (C=O) groups excluding carboxylic acids is 1.